The number of unbranched alkanes of at least 4 members (excludes halogenated alkanes) is 9. The highest BCUT2D eigenvalue weighted by molar-refractivity contribution is 5.69. The molecule has 0 aliphatic carbocycles. The molecule has 0 radical (unpaired) electrons. The molecule has 0 bridgehead atoms. The Morgan fingerprint density at radius 2 is 1.22 bits per heavy atom. The van der Waals surface area contributed by atoms with E-state index in [9.17, 15) is 4.79 Å². The van der Waals surface area contributed by atoms with E-state index in [-0.39, 0.29) is 5.97 Å². The quantitative estimate of drug-likeness (QED) is 0.332. The average Bonchev–Trinajstić information content (AvgIpc) is 2.36. The van der Waals surface area contributed by atoms with Crippen molar-refractivity contribution in [3.63, 3.8) is 0 Å². The van der Waals surface area contributed by atoms with Gasteiger partial charge in [0.2, 0.25) is 0 Å². The molecule has 0 heterocycles. The van der Waals surface area contributed by atoms with Gasteiger partial charge in [0, 0.05) is 6.42 Å². The molecule has 2 nitrogen and oxygen atoms in total. The number of carbonyl (C=O) groups excluding carboxylic acids is 1. The Bertz CT molecular complexity index is 178. The molecule has 0 atom stereocenters. The van der Waals surface area contributed by atoms with Gasteiger partial charge in [-0.3, -0.25) is 4.79 Å². The lowest BCUT2D eigenvalue weighted by Gasteiger charge is -2.04. The molecule has 0 aliphatic rings. The van der Waals surface area contributed by atoms with Crippen LogP contribution in [0.4, 0.5) is 0 Å². The Kier molecular flexibility index (Phi) is 14.1. The summed E-state index contributed by atoms with van der Waals surface area (Å²) in [7, 11) is 0. The van der Waals surface area contributed by atoms with Gasteiger partial charge in [-0.1, -0.05) is 71.6 Å². The standard InChI is InChI=1S/C16H32O2/c1-3-5-6-7-8-9-10-11-12-13-15-18-16(17)14-4-2/h3-15H2,1-2H3. The fourth-order valence-corrected chi connectivity index (χ4v) is 2.05. The van der Waals surface area contributed by atoms with Gasteiger partial charge in [-0.25, -0.2) is 0 Å². The molecule has 0 fully saturated rings. The third kappa shape index (κ3) is 13.5. The maximum atomic E-state index is 11.1. The summed E-state index contributed by atoms with van der Waals surface area (Å²) in [6, 6.07) is 0. The molecule has 0 aromatic carbocycles. The van der Waals surface area contributed by atoms with Gasteiger partial charge >= 0.3 is 5.97 Å². The highest BCUT2D eigenvalue weighted by Crippen LogP contribution is 2.10. The molecule has 0 aliphatic heterocycles. The van der Waals surface area contributed by atoms with Crippen molar-refractivity contribution in [3.05, 3.63) is 0 Å². The van der Waals surface area contributed by atoms with E-state index in [1.54, 1.807) is 0 Å². The van der Waals surface area contributed by atoms with Crippen LogP contribution in [0, 0.1) is 0 Å². The van der Waals surface area contributed by atoms with E-state index in [1.165, 1.54) is 57.8 Å². The summed E-state index contributed by atoms with van der Waals surface area (Å²) in [5, 5.41) is 0. The molecule has 0 amide bonds. The van der Waals surface area contributed by atoms with Crippen LogP contribution in [-0.4, -0.2) is 12.6 Å². The summed E-state index contributed by atoms with van der Waals surface area (Å²) >= 11 is 0. The maximum Gasteiger partial charge on any atom is 0.305 e. The number of esters is 1. The largest absolute Gasteiger partial charge is 0.466 e. The molecule has 0 aromatic heterocycles. The minimum Gasteiger partial charge on any atom is -0.466 e. The van der Waals surface area contributed by atoms with Crippen molar-refractivity contribution < 1.29 is 9.53 Å². The van der Waals surface area contributed by atoms with Crippen molar-refractivity contribution >= 4 is 5.97 Å². The highest BCUT2D eigenvalue weighted by atomic mass is 16.5. The van der Waals surface area contributed by atoms with Crippen molar-refractivity contribution in [3.8, 4) is 0 Å². The number of hydrogen-bond acceptors (Lipinski definition) is 2. The zero-order chi connectivity index (χ0) is 13.5. The average molecular weight is 256 g/mol. The van der Waals surface area contributed by atoms with Crippen molar-refractivity contribution in [1.29, 1.82) is 0 Å². The van der Waals surface area contributed by atoms with E-state index < -0.39 is 0 Å². The fraction of sp³-hybridized carbons (Fsp3) is 0.938. The fourth-order valence-electron chi connectivity index (χ4n) is 2.05. The topological polar surface area (TPSA) is 26.3 Å². The van der Waals surface area contributed by atoms with Crippen LogP contribution in [0.15, 0.2) is 0 Å². The van der Waals surface area contributed by atoms with Crippen LogP contribution in [0.3, 0.4) is 0 Å². The number of rotatable bonds is 13. The maximum absolute atomic E-state index is 11.1. The monoisotopic (exact) mass is 256 g/mol. The first-order valence-corrected chi connectivity index (χ1v) is 7.96. The van der Waals surface area contributed by atoms with E-state index in [2.05, 4.69) is 6.92 Å². The second-order valence-electron chi connectivity index (χ2n) is 5.15. The third-order valence-electron chi connectivity index (χ3n) is 3.22. The van der Waals surface area contributed by atoms with Crippen LogP contribution < -0.4 is 0 Å². The van der Waals surface area contributed by atoms with Crippen LogP contribution in [0.1, 0.15) is 90.9 Å². The molecule has 0 N–H and O–H groups in total. The first kappa shape index (κ1) is 17.5. The van der Waals surface area contributed by atoms with E-state index >= 15 is 0 Å². The lowest BCUT2D eigenvalue weighted by Crippen LogP contribution is -2.04. The molecular weight excluding hydrogens is 224 g/mol. The Morgan fingerprint density at radius 3 is 1.72 bits per heavy atom. The zero-order valence-corrected chi connectivity index (χ0v) is 12.5. The molecule has 0 saturated heterocycles. The normalized spacial score (nSPS) is 10.6. The smallest absolute Gasteiger partial charge is 0.305 e. The minimum atomic E-state index is -0.0339. The number of hydrogen-bond donors (Lipinski definition) is 0. The van der Waals surface area contributed by atoms with Crippen molar-refractivity contribution in [1.82, 2.24) is 0 Å². The third-order valence-corrected chi connectivity index (χ3v) is 3.22. The molecule has 0 aromatic rings. The number of carbonyl (C=O) groups is 1. The zero-order valence-electron chi connectivity index (χ0n) is 12.5. The molecule has 0 rings (SSSR count). The molecule has 108 valence electrons. The Balaban J connectivity index is 3.01. The van der Waals surface area contributed by atoms with Crippen LogP contribution in [-0.2, 0) is 9.53 Å². The van der Waals surface area contributed by atoms with Crippen molar-refractivity contribution in [2.45, 2.75) is 90.9 Å². The lowest BCUT2D eigenvalue weighted by atomic mass is 10.1. The van der Waals surface area contributed by atoms with Crippen LogP contribution in [0.2, 0.25) is 0 Å². The van der Waals surface area contributed by atoms with E-state index in [0.29, 0.717) is 13.0 Å². The van der Waals surface area contributed by atoms with Gasteiger partial charge < -0.3 is 4.74 Å². The van der Waals surface area contributed by atoms with Gasteiger partial charge in [0.25, 0.3) is 0 Å². The Morgan fingerprint density at radius 1 is 0.722 bits per heavy atom. The first-order chi connectivity index (χ1) is 8.81. The molecule has 0 saturated carbocycles. The van der Waals surface area contributed by atoms with Gasteiger partial charge in [-0.05, 0) is 12.8 Å². The van der Waals surface area contributed by atoms with Crippen molar-refractivity contribution in [2.24, 2.45) is 0 Å². The van der Waals surface area contributed by atoms with Gasteiger partial charge in [0.05, 0.1) is 6.61 Å². The Hall–Kier alpha value is -0.530. The minimum absolute atomic E-state index is 0.0339. The summed E-state index contributed by atoms with van der Waals surface area (Å²) < 4.78 is 5.12. The van der Waals surface area contributed by atoms with Crippen LogP contribution in [0.5, 0.6) is 0 Å². The van der Waals surface area contributed by atoms with Crippen LogP contribution in [0.25, 0.3) is 0 Å². The summed E-state index contributed by atoms with van der Waals surface area (Å²) in [6.07, 6.45) is 14.6. The van der Waals surface area contributed by atoms with Crippen molar-refractivity contribution in [2.75, 3.05) is 6.61 Å². The van der Waals surface area contributed by atoms with Gasteiger partial charge in [-0.2, -0.15) is 0 Å². The summed E-state index contributed by atoms with van der Waals surface area (Å²) in [6.45, 7) is 4.88. The van der Waals surface area contributed by atoms with E-state index in [0.717, 1.165) is 12.8 Å². The lowest BCUT2D eigenvalue weighted by molar-refractivity contribution is -0.143. The van der Waals surface area contributed by atoms with Gasteiger partial charge in [0.15, 0.2) is 0 Å². The summed E-state index contributed by atoms with van der Waals surface area (Å²) in [5.74, 6) is -0.0339. The predicted molar refractivity (Wildman–Crippen MR) is 77.7 cm³/mol. The van der Waals surface area contributed by atoms with Crippen LogP contribution >= 0.6 is 0 Å². The van der Waals surface area contributed by atoms with Gasteiger partial charge in [0.1, 0.15) is 0 Å². The molecule has 2 heteroatoms. The van der Waals surface area contributed by atoms with E-state index in [1.807, 2.05) is 6.92 Å². The highest BCUT2D eigenvalue weighted by Gasteiger charge is 1.99. The Labute approximate surface area is 113 Å². The number of ether oxygens (including phenoxy) is 1. The van der Waals surface area contributed by atoms with E-state index in [4.69, 9.17) is 4.74 Å². The first-order valence-electron chi connectivity index (χ1n) is 7.96. The summed E-state index contributed by atoms with van der Waals surface area (Å²) in [5.41, 5.74) is 0. The predicted octanol–water partition coefficient (Wildman–Crippen LogP) is 5.25. The summed E-state index contributed by atoms with van der Waals surface area (Å²) in [4.78, 5) is 11.1. The second-order valence-corrected chi connectivity index (χ2v) is 5.15. The second kappa shape index (κ2) is 14.5. The molecule has 0 spiro atoms. The van der Waals surface area contributed by atoms with Gasteiger partial charge in [-0.15, -0.1) is 0 Å². The molecule has 18 heavy (non-hydrogen) atoms. The molecule has 0 unspecified atom stereocenters. The SMILES string of the molecule is CCCCCCCCCCCCOC(=O)CCC. The molecular formula is C16H32O2.